The van der Waals surface area contributed by atoms with Gasteiger partial charge >= 0.3 is 6.09 Å². The number of nitrogens with zero attached hydrogens (tertiary/aromatic N) is 1. The van der Waals surface area contributed by atoms with Gasteiger partial charge in [-0.3, -0.25) is 4.79 Å². The van der Waals surface area contributed by atoms with Crippen LogP contribution in [0.3, 0.4) is 0 Å². The van der Waals surface area contributed by atoms with E-state index < -0.39 is 24.6 Å². The molecule has 0 aliphatic heterocycles. The minimum absolute atomic E-state index is 0.472. The first kappa shape index (κ1) is 10.7. The van der Waals surface area contributed by atoms with Gasteiger partial charge in [-0.1, -0.05) is 0 Å². The van der Waals surface area contributed by atoms with Gasteiger partial charge in [0.05, 0.1) is 6.61 Å². The fraction of sp³-hybridized carbons (Fsp3) is 0.667. The van der Waals surface area contributed by atoms with E-state index >= 15 is 0 Å². The van der Waals surface area contributed by atoms with Crippen LogP contribution in [-0.4, -0.2) is 53.9 Å². The summed E-state index contributed by atoms with van der Waals surface area (Å²) >= 11 is 0. The topological polar surface area (TPSA) is 89.9 Å². The van der Waals surface area contributed by atoms with Crippen LogP contribution in [0.4, 0.5) is 4.79 Å². The summed E-state index contributed by atoms with van der Waals surface area (Å²) in [5.74, 6) is -0.472. The third-order valence-corrected chi connectivity index (χ3v) is 1.22. The average molecular weight is 176 g/mol. The van der Waals surface area contributed by atoms with Crippen LogP contribution < -0.4 is 5.32 Å². The van der Waals surface area contributed by atoms with E-state index in [1.54, 1.807) is 0 Å². The summed E-state index contributed by atoms with van der Waals surface area (Å²) in [6.07, 6.45) is -1.33. The molecule has 3 N–H and O–H groups in total. The number of hydrogen-bond acceptors (Lipinski definition) is 3. The smallest absolute Gasteiger partial charge is 0.405 e. The maximum atomic E-state index is 11.0. The van der Waals surface area contributed by atoms with Crippen molar-refractivity contribution in [3.8, 4) is 0 Å². The van der Waals surface area contributed by atoms with Gasteiger partial charge in [-0.2, -0.15) is 0 Å². The number of nitrogens with one attached hydrogen (secondary N) is 1. The molecule has 0 spiro atoms. The largest absolute Gasteiger partial charge is 0.465 e. The monoisotopic (exact) mass is 176 g/mol. The zero-order chi connectivity index (χ0) is 9.72. The number of carboxylic acid groups (broad SMARTS) is 1. The molecule has 0 heterocycles. The zero-order valence-electron chi connectivity index (χ0n) is 6.94. The first-order chi connectivity index (χ1) is 5.49. The molecule has 0 radical (unpaired) electrons. The third kappa shape index (κ3) is 3.20. The van der Waals surface area contributed by atoms with Gasteiger partial charge in [0.1, 0.15) is 6.04 Å². The van der Waals surface area contributed by atoms with Gasteiger partial charge in [0, 0.05) is 14.1 Å². The van der Waals surface area contributed by atoms with Crippen LogP contribution in [0.5, 0.6) is 0 Å². The molecule has 6 heteroatoms. The summed E-state index contributed by atoms with van der Waals surface area (Å²) in [5, 5.41) is 18.8. The van der Waals surface area contributed by atoms with Gasteiger partial charge in [0.25, 0.3) is 0 Å². The summed E-state index contributed by atoms with van der Waals surface area (Å²) in [4.78, 5) is 22.4. The maximum absolute atomic E-state index is 11.0. The highest BCUT2D eigenvalue weighted by atomic mass is 16.4. The molecule has 0 fully saturated rings. The van der Waals surface area contributed by atoms with E-state index in [4.69, 9.17) is 10.2 Å². The molecule has 0 aromatic heterocycles. The predicted octanol–water partition coefficient (Wildman–Crippen LogP) is -1.30. The van der Waals surface area contributed by atoms with Crippen molar-refractivity contribution < 1.29 is 19.8 Å². The van der Waals surface area contributed by atoms with Crippen molar-refractivity contribution in [3.05, 3.63) is 0 Å². The van der Waals surface area contributed by atoms with Gasteiger partial charge in [0.2, 0.25) is 5.91 Å². The summed E-state index contributed by atoms with van der Waals surface area (Å²) in [5.41, 5.74) is 0. The predicted molar refractivity (Wildman–Crippen MR) is 40.7 cm³/mol. The fourth-order valence-electron chi connectivity index (χ4n) is 0.646. The van der Waals surface area contributed by atoms with Crippen molar-refractivity contribution in [1.82, 2.24) is 10.2 Å². The summed E-state index contributed by atoms with van der Waals surface area (Å²) < 4.78 is 0. The van der Waals surface area contributed by atoms with E-state index in [1.165, 1.54) is 19.0 Å². The van der Waals surface area contributed by atoms with Crippen LogP contribution in [0.2, 0.25) is 0 Å². The van der Waals surface area contributed by atoms with Crippen LogP contribution in [0, 0.1) is 0 Å². The molecule has 0 aromatic carbocycles. The molecule has 0 bridgehead atoms. The second kappa shape index (κ2) is 4.55. The molecule has 0 saturated carbocycles. The third-order valence-electron chi connectivity index (χ3n) is 1.22. The van der Waals surface area contributed by atoms with Crippen molar-refractivity contribution in [2.24, 2.45) is 0 Å². The van der Waals surface area contributed by atoms with Crippen LogP contribution in [0.25, 0.3) is 0 Å². The van der Waals surface area contributed by atoms with Crippen molar-refractivity contribution in [2.75, 3.05) is 20.7 Å². The second-order valence-corrected chi connectivity index (χ2v) is 2.42. The molecule has 0 aliphatic carbocycles. The highest BCUT2D eigenvalue weighted by Gasteiger charge is 2.20. The molecule has 0 aliphatic rings. The van der Waals surface area contributed by atoms with Crippen LogP contribution in [0.1, 0.15) is 0 Å². The molecule has 12 heavy (non-hydrogen) atoms. The number of aliphatic hydroxyl groups is 1. The van der Waals surface area contributed by atoms with Crippen molar-refractivity contribution in [1.29, 1.82) is 0 Å². The quantitative estimate of drug-likeness (QED) is 0.498. The Kier molecular flexibility index (Phi) is 4.06. The van der Waals surface area contributed by atoms with E-state index in [2.05, 4.69) is 0 Å². The molecule has 6 nitrogen and oxygen atoms in total. The zero-order valence-corrected chi connectivity index (χ0v) is 6.94. The Hall–Kier alpha value is -1.30. The molecule has 0 saturated heterocycles. The normalized spacial score (nSPS) is 11.9. The Balaban J connectivity index is 4.15. The summed E-state index contributed by atoms with van der Waals surface area (Å²) in [6, 6.07) is -1.07. The fourth-order valence-corrected chi connectivity index (χ4v) is 0.646. The van der Waals surface area contributed by atoms with E-state index in [1.807, 2.05) is 5.32 Å². The molecule has 1 unspecified atom stereocenters. The van der Waals surface area contributed by atoms with E-state index in [9.17, 15) is 9.59 Å². The number of likely N-dealkylation sites (N-methyl/N-ethyl adjacent to an activating group) is 1. The van der Waals surface area contributed by atoms with E-state index in [0.29, 0.717) is 0 Å². The number of carbonyl (C=O) groups is 2. The number of aliphatic hydroxyl groups excluding tert-OH is 1. The lowest BCUT2D eigenvalue weighted by atomic mass is 10.3. The van der Waals surface area contributed by atoms with E-state index in [-0.39, 0.29) is 0 Å². The van der Waals surface area contributed by atoms with E-state index in [0.717, 1.165) is 0 Å². The van der Waals surface area contributed by atoms with Crippen LogP contribution in [0.15, 0.2) is 0 Å². The Bertz CT molecular complexity index is 180. The molecule has 1 atom stereocenters. The summed E-state index contributed by atoms with van der Waals surface area (Å²) in [7, 11) is 2.96. The number of hydrogen-bond donors (Lipinski definition) is 3. The lowest BCUT2D eigenvalue weighted by molar-refractivity contribution is -0.131. The highest BCUT2D eigenvalue weighted by molar-refractivity contribution is 5.84. The SMILES string of the molecule is CN(C)C(=O)C(CO)NC(=O)O. The maximum Gasteiger partial charge on any atom is 0.405 e. The lowest BCUT2D eigenvalue weighted by Crippen LogP contribution is -2.47. The lowest BCUT2D eigenvalue weighted by Gasteiger charge is -2.17. The number of carbonyl (C=O) groups excluding carboxylic acids is 1. The average Bonchev–Trinajstić information content (AvgIpc) is 1.98. The van der Waals surface area contributed by atoms with Crippen LogP contribution >= 0.6 is 0 Å². The van der Waals surface area contributed by atoms with Crippen molar-refractivity contribution in [2.45, 2.75) is 6.04 Å². The van der Waals surface area contributed by atoms with Crippen molar-refractivity contribution >= 4 is 12.0 Å². The summed E-state index contributed by atoms with van der Waals surface area (Å²) in [6.45, 7) is -0.538. The Morgan fingerprint density at radius 1 is 1.50 bits per heavy atom. The number of amides is 2. The van der Waals surface area contributed by atoms with Gasteiger partial charge in [0.15, 0.2) is 0 Å². The molecular formula is C6H12N2O4. The van der Waals surface area contributed by atoms with Gasteiger partial charge in [-0.05, 0) is 0 Å². The molecule has 2 amide bonds. The molecular weight excluding hydrogens is 164 g/mol. The van der Waals surface area contributed by atoms with Crippen molar-refractivity contribution in [3.63, 3.8) is 0 Å². The first-order valence-electron chi connectivity index (χ1n) is 3.30. The first-order valence-corrected chi connectivity index (χ1v) is 3.30. The van der Waals surface area contributed by atoms with Gasteiger partial charge in [-0.15, -0.1) is 0 Å². The highest BCUT2D eigenvalue weighted by Crippen LogP contribution is 1.88. The molecule has 70 valence electrons. The van der Waals surface area contributed by atoms with Gasteiger partial charge < -0.3 is 20.4 Å². The molecule has 0 rings (SSSR count). The minimum atomic E-state index is -1.33. The van der Waals surface area contributed by atoms with Crippen LogP contribution in [-0.2, 0) is 4.79 Å². The Labute approximate surface area is 69.8 Å². The second-order valence-electron chi connectivity index (χ2n) is 2.42. The number of rotatable bonds is 3. The molecule has 0 aromatic rings. The minimum Gasteiger partial charge on any atom is -0.465 e. The van der Waals surface area contributed by atoms with Gasteiger partial charge in [-0.25, -0.2) is 4.79 Å². The Morgan fingerprint density at radius 3 is 2.25 bits per heavy atom. The standard InChI is InChI=1S/C6H12N2O4/c1-8(2)5(10)4(3-9)7-6(11)12/h4,7,9H,3H2,1-2H3,(H,11,12). The Morgan fingerprint density at radius 2 is 2.00 bits per heavy atom.